The van der Waals surface area contributed by atoms with E-state index < -0.39 is 0 Å². The lowest BCUT2D eigenvalue weighted by Gasteiger charge is -2.15. The van der Waals surface area contributed by atoms with Crippen molar-refractivity contribution in [3.63, 3.8) is 0 Å². The average molecular weight is 271 g/mol. The number of carbonyl (C=O) groups excluding carboxylic acids is 1. The van der Waals surface area contributed by atoms with Gasteiger partial charge < -0.3 is 10.1 Å². The summed E-state index contributed by atoms with van der Waals surface area (Å²) < 4.78 is 5.49. The number of unbranched alkanes of at least 4 members (excludes halogenated alkanes) is 4. The third-order valence-electron chi connectivity index (χ3n) is 3.49. The molecule has 0 saturated heterocycles. The molecule has 1 atom stereocenters. The molecule has 0 rings (SSSR count). The van der Waals surface area contributed by atoms with Crippen molar-refractivity contribution in [2.75, 3.05) is 13.2 Å². The molecule has 0 saturated carbocycles. The number of hydrogen-bond donors (Lipinski definition) is 1. The van der Waals surface area contributed by atoms with Crippen molar-refractivity contribution in [2.45, 2.75) is 72.8 Å². The summed E-state index contributed by atoms with van der Waals surface area (Å²) in [5.41, 5.74) is 0. The molecule has 0 bridgehead atoms. The molecule has 3 nitrogen and oxygen atoms in total. The van der Waals surface area contributed by atoms with Crippen molar-refractivity contribution in [3.8, 4) is 0 Å². The molecule has 0 aliphatic rings. The fourth-order valence-corrected chi connectivity index (χ4v) is 1.75. The van der Waals surface area contributed by atoms with Crippen LogP contribution >= 0.6 is 0 Å². The number of hydrogen-bond acceptors (Lipinski definition) is 2. The summed E-state index contributed by atoms with van der Waals surface area (Å²) >= 11 is 0. The maximum Gasteiger partial charge on any atom is 0.223 e. The Morgan fingerprint density at radius 3 is 2.11 bits per heavy atom. The quantitative estimate of drug-likeness (QED) is 0.581. The lowest BCUT2D eigenvalue weighted by atomic mass is 9.97. The minimum Gasteiger partial charge on any atom is -0.379 e. The summed E-state index contributed by atoms with van der Waals surface area (Å²) in [7, 11) is 0. The van der Waals surface area contributed by atoms with Crippen molar-refractivity contribution in [2.24, 2.45) is 11.8 Å². The van der Waals surface area contributed by atoms with Crippen molar-refractivity contribution in [1.29, 1.82) is 0 Å². The molecule has 0 fully saturated rings. The van der Waals surface area contributed by atoms with Gasteiger partial charge in [0.05, 0.1) is 6.10 Å². The van der Waals surface area contributed by atoms with E-state index in [0.717, 1.165) is 26.0 Å². The van der Waals surface area contributed by atoms with E-state index >= 15 is 0 Å². The Morgan fingerprint density at radius 2 is 1.53 bits per heavy atom. The first-order chi connectivity index (χ1) is 8.95. The first kappa shape index (κ1) is 18.4. The molecule has 0 aliphatic heterocycles. The second-order valence-corrected chi connectivity index (χ2v) is 6.01. The Kier molecular flexibility index (Phi) is 10.9. The van der Waals surface area contributed by atoms with Crippen LogP contribution in [0.4, 0.5) is 0 Å². The lowest BCUT2D eigenvalue weighted by molar-refractivity contribution is -0.125. The third-order valence-corrected chi connectivity index (χ3v) is 3.49. The highest BCUT2D eigenvalue weighted by atomic mass is 16.5. The SMILES string of the molecule is CC(C)OCCCCCCCNC(=O)[C@H](C)C(C)C. The maximum absolute atomic E-state index is 11.7. The van der Waals surface area contributed by atoms with E-state index in [2.05, 4.69) is 33.0 Å². The first-order valence-corrected chi connectivity index (χ1v) is 7.84. The van der Waals surface area contributed by atoms with E-state index in [1.54, 1.807) is 0 Å². The fraction of sp³-hybridized carbons (Fsp3) is 0.938. The summed E-state index contributed by atoms with van der Waals surface area (Å²) in [6.07, 6.45) is 6.23. The van der Waals surface area contributed by atoms with Gasteiger partial charge in [0.2, 0.25) is 5.91 Å². The highest BCUT2D eigenvalue weighted by Crippen LogP contribution is 2.09. The van der Waals surface area contributed by atoms with Gasteiger partial charge in [-0.25, -0.2) is 0 Å². The van der Waals surface area contributed by atoms with E-state index in [9.17, 15) is 4.79 Å². The highest BCUT2D eigenvalue weighted by Gasteiger charge is 2.15. The smallest absolute Gasteiger partial charge is 0.223 e. The van der Waals surface area contributed by atoms with E-state index in [4.69, 9.17) is 4.74 Å². The molecule has 0 heterocycles. The summed E-state index contributed by atoms with van der Waals surface area (Å²) in [5.74, 6) is 0.731. The zero-order chi connectivity index (χ0) is 14.7. The number of nitrogens with one attached hydrogen (secondary N) is 1. The summed E-state index contributed by atoms with van der Waals surface area (Å²) in [6.45, 7) is 12.0. The predicted octanol–water partition coefficient (Wildman–Crippen LogP) is 3.77. The monoisotopic (exact) mass is 271 g/mol. The van der Waals surface area contributed by atoms with Crippen LogP contribution in [0.1, 0.15) is 66.7 Å². The minimum atomic E-state index is 0.119. The maximum atomic E-state index is 11.7. The molecule has 0 aliphatic carbocycles. The standard InChI is InChI=1S/C16H33NO2/c1-13(2)15(5)16(18)17-11-9-7-6-8-10-12-19-14(3)4/h13-15H,6-12H2,1-5H3,(H,17,18)/t15-/m1/s1. The second-order valence-electron chi connectivity index (χ2n) is 6.01. The van der Waals surface area contributed by atoms with E-state index in [0.29, 0.717) is 12.0 Å². The van der Waals surface area contributed by atoms with Gasteiger partial charge in [-0.3, -0.25) is 4.79 Å². The molecule has 0 spiro atoms. The molecular weight excluding hydrogens is 238 g/mol. The van der Waals surface area contributed by atoms with Gasteiger partial charge in [0.1, 0.15) is 0 Å². The molecule has 1 N–H and O–H groups in total. The molecule has 0 aromatic rings. The van der Waals surface area contributed by atoms with Gasteiger partial charge in [0, 0.05) is 19.1 Å². The number of rotatable bonds is 11. The summed E-state index contributed by atoms with van der Waals surface area (Å²) in [4.78, 5) is 11.7. The van der Waals surface area contributed by atoms with Gasteiger partial charge in [0.15, 0.2) is 0 Å². The van der Waals surface area contributed by atoms with Gasteiger partial charge >= 0.3 is 0 Å². The molecular formula is C16H33NO2. The number of amides is 1. The van der Waals surface area contributed by atoms with Crippen LogP contribution in [0.25, 0.3) is 0 Å². The molecule has 0 radical (unpaired) electrons. The van der Waals surface area contributed by atoms with E-state index in [1.807, 2.05) is 6.92 Å². The Hall–Kier alpha value is -0.570. The van der Waals surface area contributed by atoms with Crippen LogP contribution in [0, 0.1) is 11.8 Å². The Labute approximate surface area is 119 Å². The topological polar surface area (TPSA) is 38.3 Å². The van der Waals surface area contributed by atoms with Gasteiger partial charge in [-0.2, -0.15) is 0 Å². The molecule has 0 unspecified atom stereocenters. The Balaban J connectivity index is 3.29. The Bertz CT molecular complexity index is 227. The molecule has 0 aromatic carbocycles. The normalized spacial score (nSPS) is 13.0. The molecule has 0 aromatic heterocycles. The van der Waals surface area contributed by atoms with Crippen molar-refractivity contribution in [1.82, 2.24) is 5.32 Å². The van der Waals surface area contributed by atoms with Crippen LogP contribution < -0.4 is 5.32 Å². The molecule has 19 heavy (non-hydrogen) atoms. The van der Waals surface area contributed by atoms with Gasteiger partial charge in [-0.15, -0.1) is 0 Å². The van der Waals surface area contributed by atoms with Crippen molar-refractivity contribution >= 4 is 5.91 Å². The van der Waals surface area contributed by atoms with E-state index in [1.165, 1.54) is 19.3 Å². The molecule has 3 heteroatoms. The van der Waals surface area contributed by atoms with Crippen LogP contribution in [0.2, 0.25) is 0 Å². The van der Waals surface area contributed by atoms with Crippen LogP contribution in [0.3, 0.4) is 0 Å². The second kappa shape index (κ2) is 11.3. The molecule has 114 valence electrons. The highest BCUT2D eigenvalue weighted by molar-refractivity contribution is 5.78. The van der Waals surface area contributed by atoms with E-state index in [-0.39, 0.29) is 11.8 Å². The van der Waals surface area contributed by atoms with Gasteiger partial charge in [0.25, 0.3) is 0 Å². The van der Waals surface area contributed by atoms with Crippen LogP contribution in [-0.2, 0) is 9.53 Å². The van der Waals surface area contributed by atoms with Crippen molar-refractivity contribution in [3.05, 3.63) is 0 Å². The number of carbonyl (C=O) groups is 1. The van der Waals surface area contributed by atoms with Crippen LogP contribution in [0.15, 0.2) is 0 Å². The third kappa shape index (κ3) is 11.0. The van der Waals surface area contributed by atoms with Crippen molar-refractivity contribution < 1.29 is 9.53 Å². The molecule has 1 amide bonds. The minimum absolute atomic E-state index is 0.119. The number of ether oxygens (including phenoxy) is 1. The Morgan fingerprint density at radius 1 is 0.947 bits per heavy atom. The lowest BCUT2D eigenvalue weighted by Crippen LogP contribution is -2.32. The first-order valence-electron chi connectivity index (χ1n) is 7.84. The van der Waals surface area contributed by atoms with Gasteiger partial charge in [-0.1, -0.05) is 40.0 Å². The van der Waals surface area contributed by atoms with Crippen LogP contribution in [0.5, 0.6) is 0 Å². The largest absolute Gasteiger partial charge is 0.379 e. The summed E-state index contributed by atoms with van der Waals surface area (Å²) in [5, 5.41) is 3.02. The van der Waals surface area contributed by atoms with Gasteiger partial charge in [-0.05, 0) is 32.6 Å². The zero-order valence-electron chi connectivity index (χ0n) is 13.5. The summed E-state index contributed by atoms with van der Waals surface area (Å²) in [6, 6.07) is 0. The average Bonchev–Trinajstić information content (AvgIpc) is 2.35. The zero-order valence-corrected chi connectivity index (χ0v) is 13.5. The van der Waals surface area contributed by atoms with Crippen LogP contribution in [-0.4, -0.2) is 25.2 Å². The predicted molar refractivity (Wildman–Crippen MR) is 81.2 cm³/mol. The fourth-order valence-electron chi connectivity index (χ4n) is 1.75.